The monoisotopic (exact) mass is 334 g/mol. The molecular weight excluding hydrogens is 312 g/mol. The highest BCUT2D eigenvalue weighted by atomic mass is 35.5. The first kappa shape index (κ1) is 16.3. The molecule has 2 aliphatic rings. The number of esters is 1. The van der Waals surface area contributed by atoms with E-state index in [-0.39, 0.29) is 18.4 Å². The minimum atomic E-state index is -0.199. The smallest absolute Gasteiger partial charge is 0.354 e. The Morgan fingerprint density at radius 2 is 2.09 bits per heavy atom. The van der Waals surface area contributed by atoms with E-state index in [9.17, 15) is 4.79 Å². The molecule has 2 saturated heterocycles. The standard InChI is InChI=1S/C18H22N2O2.ClH/c1-19-15-6-3-2-5-13(15)11-17(19)18(21)22-12-14-8-10-20-9-4-7-16(14)20;/h2-3,5-6,11,14,16H,4,7-10,12H2,1H3;1H/t14-,16-;/m0./s1. The van der Waals surface area contributed by atoms with Crippen LogP contribution < -0.4 is 0 Å². The van der Waals surface area contributed by atoms with Gasteiger partial charge in [0.25, 0.3) is 0 Å². The number of rotatable bonds is 3. The molecule has 2 aliphatic heterocycles. The van der Waals surface area contributed by atoms with Crippen molar-refractivity contribution in [3.63, 3.8) is 0 Å². The highest BCUT2D eigenvalue weighted by Gasteiger charge is 2.37. The maximum atomic E-state index is 12.4. The number of hydrogen-bond donors (Lipinski definition) is 0. The second-order valence-electron chi connectivity index (χ2n) is 6.54. The molecule has 3 heterocycles. The number of halogens is 1. The summed E-state index contributed by atoms with van der Waals surface area (Å²) in [6, 6.07) is 10.6. The molecule has 0 saturated carbocycles. The lowest BCUT2D eigenvalue weighted by atomic mass is 9.99. The van der Waals surface area contributed by atoms with Crippen LogP contribution in [0.2, 0.25) is 0 Å². The summed E-state index contributed by atoms with van der Waals surface area (Å²) in [5, 5.41) is 1.08. The molecule has 0 amide bonds. The zero-order valence-electron chi connectivity index (χ0n) is 13.4. The van der Waals surface area contributed by atoms with E-state index in [0.717, 1.165) is 17.3 Å². The van der Waals surface area contributed by atoms with E-state index < -0.39 is 0 Å². The number of aryl methyl sites for hydroxylation is 1. The SMILES string of the molecule is Cl.Cn1c(C(=O)OC[C@@H]2CCN3CCC[C@@H]23)cc2ccccc21. The Morgan fingerprint density at radius 1 is 1.26 bits per heavy atom. The second kappa shape index (κ2) is 6.54. The predicted molar refractivity (Wildman–Crippen MR) is 93.2 cm³/mol. The number of fused-ring (bicyclic) bond motifs is 2. The van der Waals surface area contributed by atoms with Crippen molar-refractivity contribution in [1.82, 2.24) is 9.47 Å². The van der Waals surface area contributed by atoms with E-state index >= 15 is 0 Å². The largest absolute Gasteiger partial charge is 0.461 e. The number of carbonyl (C=O) groups excluding carboxylic acids is 1. The average Bonchev–Trinajstić information content (AvgIpc) is 3.20. The summed E-state index contributed by atoms with van der Waals surface area (Å²) in [5.41, 5.74) is 1.71. The molecule has 0 aliphatic carbocycles. The fraction of sp³-hybridized carbons (Fsp3) is 0.500. The van der Waals surface area contributed by atoms with Gasteiger partial charge in [-0.05, 0) is 44.5 Å². The maximum absolute atomic E-state index is 12.4. The van der Waals surface area contributed by atoms with Gasteiger partial charge in [0.1, 0.15) is 5.69 Å². The Labute approximate surface area is 142 Å². The van der Waals surface area contributed by atoms with Crippen LogP contribution >= 0.6 is 12.4 Å². The van der Waals surface area contributed by atoms with E-state index in [1.807, 2.05) is 41.9 Å². The summed E-state index contributed by atoms with van der Waals surface area (Å²) in [5.74, 6) is 0.316. The van der Waals surface area contributed by atoms with Gasteiger partial charge in [0.2, 0.25) is 0 Å². The summed E-state index contributed by atoms with van der Waals surface area (Å²) in [6.45, 7) is 2.95. The number of nitrogens with zero attached hydrogens (tertiary/aromatic N) is 2. The summed E-state index contributed by atoms with van der Waals surface area (Å²) in [4.78, 5) is 15.0. The summed E-state index contributed by atoms with van der Waals surface area (Å²) >= 11 is 0. The molecule has 4 nitrogen and oxygen atoms in total. The lowest BCUT2D eigenvalue weighted by molar-refractivity contribution is 0.0408. The first-order valence-corrected chi connectivity index (χ1v) is 8.19. The molecule has 0 unspecified atom stereocenters. The first-order chi connectivity index (χ1) is 10.7. The molecule has 1 aromatic carbocycles. The quantitative estimate of drug-likeness (QED) is 0.808. The Morgan fingerprint density at radius 3 is 2.91 bits per heavy atom. The van der Waals surface area contributed by atoms with E-state index in [2.05, 4.69) is 4.90 Å². The molecule has 23 heavy (non-hydrogen) atoms. The number of aromatic nitrogens is 1. The van der Waals surface area contributed by atoms with Crippen LogP contribution in [-0.2, 0) is 11.8 Å². The summed E-state index contributed by atoms with van der Waals surface area (Å²) in [7, 11) is 1.92. The third kappa shape index (κ3) is 2.86. The van der Waals surface area contributed by atoms with Crippen LogP contribution in [0.1, 0.15) is 29.8 Å². The zero-order valence-corrected chi connectivity index (χ0v) is 14.2. The minimum Gasteiger partial charge on any atom is -0.461 e. The van der Waals surface area contributed by atoms with Crippen LogP contribution in [0.4, 0.5) is 0 Å². The fourth-order valence-electron chi connectivity index (χ4n) is 4.12. The number of benzene rings is 1. The van der Waals surface area contributed by atoms with Gasteiger partial charge in [-0.1, -0.05) is 18.2 Å². The normalized spacial score (nSPS) is 23.7. The number of hydrogen-bond acceptors (Lipinski definition) is 3. The van der Waals surface area contributed by atoms with Crippen LogP contribution in [-0.4, -0.2) is 41.2 Å². The molecule has 0 spiro atoms. The number of para-hydroxylation sites is 1. The highest BCUT2D eigenvalue weighted by Crippen LogP contribution is 2.33. The van der Waals surface area contributed by atoms with Crippen LogP contribution in [0, 0.1) is 5.92 Å². The molecule has 0 bridgehead atoms. The van der Waals surface area contributed by atoms with Crippen molar-refractivity contribution < 1.29 is 9.53 Å². The predicted octanol–water partition coefficient (Wildman–Crippen LogP) is 3.24. The molecule has 2 aromatic rings. The van der Waals surface area contributed by atoms with Gasteiger partial charge >= 0.3 is 5.97 Å². The third-order valence-corrected chi connectivity index (χ3v) is 5.33. The van der Waals surface area contributed by atoms with Gasteiger partial charge in [0, 0.05) is 29.9 Å². The average molecular weight is 335 g/mol. The first-order valence-electron chi connectivity index (χ1n) is 8.19. The summed E-state index contributed by atoms with van der Waals surface area (Å²) < 4.78 is 7.57. The van der Waals surface area contributed by atoms with Crippen molar-refractivity contribution in [2.75, 3.05) is 19.7 Å². The number of ether oxygens (including phenoxy) is 1. The number of carbonyl (C=O) groups is 1. The van der Waals surface area contributed by atoms with E-state index in [4.69, 9.17) is 4.74 Å². The van der Waals surface area contributed by atoms with Gasteiger partial charge in [-0.3, -0.25) is 4.90 Å². The van der Waals surface area contributed by atoms with E-state index in [1.54, 1.807) is 0 Å². The Hall–Kier alpha value is -1.52. The fourth-order valence-corrected chi connectivity index (χ4v) is 4.12. The topological polar surface area (TPSA) is 34.5 Å². The molecule has 0 N–H and O–H groups in total. The van der Waals surface area contributed by atoms with Gasteiger partial charge in [-0.15, -0.1) is 12.4 Å². The van der Waals surface area contributed by atoms with Crippen LogP contribution in [0.15, 0.2) is 30.3 Å². The van der Waals surface area contributed by atoms with Crippen molar-refractivity contribution in [3.05, 3.63) is 36.0 Å². The van der Waals surface area contributed by atoms with Crippen molar-refractivity contribution >= 4 is 29.3 Å². The van der Waals surface area contributed by atoms with Crippen molar-refractivity contribution in [2.45, 2.75) is 25.3 Å². The molecule has 5 heteroatoms. The molecule has 4 rings (SSSR count). The summed E-state index contributed by atoms with van der Waals surface area (Å²) in [6.07, 6.45) is 3.71. The van der Waals surface area contributed by atoms with Crippen molar-refractivity contribution in [1.29, 1.82) is 0 Å². The van der Waals surface area contributed by atoms with Gasteiger partial charge in [-0.25, -0.2) is 4.79 Å². The molecular formula is C18H23ClN2O2. The maximum Gasteiger partial charge on any atom is 0.354 e. The molecule has 0 radical (unpaired) electrons. The van der Waals surface area contributed by atoms with Crippen molar-refractivity contribution in [3.8, 4) is 0 Å². The van der Waals surface area contributed by atoms with Crippen LogP contribution in [0.25, 0.3) is 10.9 Å². The molecule has 2 atom stereocenters. The Balaban J connectivity index is 0.00000156. The van der Waals surface area contributed by atoms with E-state index in [1.165, 1.54) is 25.9 Å². The van der Waals surface area contributed by atoms with Gasteiger partial charge < -0.3 is 9.30 Å². The van der Waals surface area contributed by atoms with Crippen LogP contribution in [0.3, 0.4) is 0 Å². The minimum absolute atomic E-state index is 0. The Bertz CT molecular complexity index is 712. The van der Waals surface area contributed by atoms with Gasteiger partial charge in [0.05, 0.1) is 6.61 Å². The van der Waals surface area contributed by atoms with Crippen LogP contribution in [0.5, 0.6) is 0 Å². The van der Waals surface area contributed by atoms with E-state index in [0.29, 0.717) is 24.3 Å². The van der Waals surface area contributed by atoms with Gasteiger partial charge in [-0.2, -0.15) is 0 Å². The molecule has 124 valence electrons. The highest BCUT2D eigenvalue weighted by molar-refractivity contribution is 5.95. The van der Waals surface area contributed by atoms with Gasteiger partial charge in [0.15, 0.2) is 0 Å². The lowest BCUT2D eigenvalue weighted by Gasteiger charge is -2.19. The third-order valence-electron chi connectivity index (χ3n) is 5.33. The zero-order chi connectivity index (χ0) is 15.1. The Kier molecular flexibility index (Phi) is 4.64. The molecule has 2 fully saturated rings. The lowest BCUT2D eigenvalue weighted by Crippen LogP contribution is -2.28. The second-order valence-corrected chi connectivity index (χ2v) is 6.54. The molecule has 1 aromatic heterocycles. The van der Waals surface area contributed by atoms with Crippen molar-refractivity contribution in [2.24, 2.45) is 13.0 Å².